The van der Waals surface area contributed by atoms with Gasteiger partial charge in [-0.15, -0.1) is 0 Å². The van der Waals surface area contributed by atoms with Gasteiger partial charge >= 0.3 is 11.4 Å². The van der Waals surface area contributed by atoms with Crippen molar-refractivity contribution >= 4 is 22.9 Å². The van der Waals surface area contributed by atoms with Crippen molar-refractivity contribution in [2.75, 3.05) is 0 Å². The highest BCUT2D eigenvalue weighted by Crippen LogP contribution is 1.91. The second-order valence-electron chi connectivity index (χ2n) is 2.35. The van der Waals surface area contributed by atoms with Gasteiger partial charge in [-0.3, -0.25) is 19.7 Å². The average Bonchev–Trinajstić information content (AvgIpc) is 2.42. The van der Waals surface area contributed by atoms with Crippen molar-refractivity contribution in [3.05, 3.63) is 31.3 Å². The van der Waals surface area contributed by atoms with E-state index in [1.54, 1.807) is 0 Å². The van der Waals surface area contributed by atoms with E-state index >= 15 is 0 Å². The number of H-pyrrole nitrogens is 3. The van der Waals surface area contributed by atoms with Crippen LogP contribution in [0.2, 0.25) is 0 Å². The van der Waals surface area contributed by atoms with Crippen molar-refractivity contribution in [3.8, 4) is 0 Å². The van der Waals surface area contributed by atoms with Gasteiger partial charge in [0, 0.05) is 11.8 Å². The van der Waals surface area contributed by atoms with Crippen molar-refractivity contribution in [1.29, 1.82) is 0 Å². The first-order valence-electron chi connectivity index (χ1n) is 3.23. The molecule has 0 fully saturated rings. The van der Waals surface area contributed by atoms with Crippen LogP contribution in [0.5, 0.6) is 0 Å². The number of aromatic amines is 3. The maximum Gasteiger partial charge on any atom is 0.345 e. The van der Waals surface area contributed by atoms with Gasteiger partial charge in [-0.05, 0) is 0 Å². The maximum absolute atomic E-state index is 11.2. The summed E-state index contributed by atoms with van der Waals surface area (Å²) in [6, 6.07) is 0. The van der Waals surface area contributed by atoms with Crippen LogP contribution in [0, 0.1) is 0 Å². The van der Waals surface area contributed by atoms with Crippen LogP contribution < -0.4 is 16.9 Å². The number of nitrogens with one attached hydrogen (secondary N) is 3. The van der Waals surface area contributed by atoms with Crippen LogP contribution >= 0.6 is 11.8 Å². The Bertz CT molecular complexity index is 633. The lowest BCUT2D eigenvalue weighted by Gasteiger charge is -1.90. The van der Waals surface area contributed by atoms with Gasteiger partial charge in [0.05, 0.1) is 0 Å². The molecule has 9 nitrogen and oxygen atoms in total. The monoisotopic (exact) mass is 238 g/mol. The van der Waals surface area contributed by atoms with E-state index in [9.17, 15) is 14.4 Å². The Kier molecular flexibility index (Phi) is 3.62. The highest BCUT2D eigenvalue weighted by Gasteiger charge is 2.07. The molecule has 2 rings (SSSR count). The molecule has 0 unspecified atom stereocenters. The Hall–Kier alpha value is -1.84. The fourth-order valence-corrected chi connectivity index (χ4v) is 1.11. The molecule has 0 aromatic carbocycles. The second kappa shape index (κ2) is 4.13. The van der Waals surface area contributed by atoms with Gasteiger partial charge in [0.2, 0.25) is 0 Å². The predicted molar refractivity (Wildman–Crippen MR) is 52.3 cm³/mol. The molecule has 0 aliphatic heterocycles. The van der Waals surface area contributed by atoms with Crippen molar-refractivity contribution in [2.45, 2.75) is 0 Å². The Morgan fingerprint density at radius 3 is 2.20 bits per heavy atom. The van der Waals surface area contributed by atoms with E-state index in [1.165, 1.54) is 0 Å². The Morgan fingerprint density at radius 2 is 1.60 bits per heavy atom. The summed E-state index contributed by atoms with van der Waals surface area (Å²) in [7, 11) is 0. The van der Waals surface area contributed by atoms with Crippen LogP contribution in [0.3, 0.4) is 0 Å². The van der Waals surface area contributed by atoms with E-state index in [0.29, 0.717) is 4.09 Å². The maximum atomic E-state index is 11.2. The van der Waals surface area contributed by atoms with Crippen LogP contribution in [0.1, 0.15) is 0 Å². The fourth-order valence-electron chi connectivity index (χ4n) is 0.984. The SMILES string of the molecule is O.O.O=c1[nH]c2[nH]c(=O)n(Cl)c(=O)c2[nH]1. The molecule has 2 heterocycles. The van der Waals surface area contributed by atoms with Gasteiger partial charge in [-0.25, -0.2) is 9.59 Å². The lowest BCUT2D eigenvalue weighted by atomic mass is 10.5. The number of imidazole rings is 1. The quantitative estimate of drug-likeness (QED) is 0.447. The molecule has 0 radical (unpaired) electrons. The molecule has 2 aromatic heterocycles. The number of halogens is 1. The summed E-state index contributed by atoms with van der Waals surface area (Å²) in [5.41, 5.74) is -2.16. The number of nitrogens with zero attached hydrogens (tertiary/aromatic N) is 1. The first-order valence-corrected chi connectivity index (χ1v) is 3.57. The molecule has 10 heteroatoms. The molecule has 0 saturated heterocycles. The van der Waals surface area contributed by atoms with E-state index in [1.807, 2.05) is 0 Å². The summed E-state index contributed by atoms with van der Waals surface area (Å²) < 4.78 is 0.353. The average molecular weight is 239 g/mol. The molecular weight excluding hydrogens is 232 g/mol. The smallest absolute Gasteiger partial charge is 0.345 e. The van der Waals surface area contributed by atoms with E-state index in [-0.39, 0.29) is 22.1 Å². The summed E-state index contributed by atoms with van der Waals surface area (Å²) in [5.74, 6) is 0. The molecule has 0 aliphatic carbocycles. The summed E-state index contributed by atoms with van der Waals surface area (Å²) >= 11 is 5.29. The highest BCUT2D eigenvalue weighted by atomic mass is 35.5. The predicted octanol–water partition coefficient (Wildman–Crippen LogP) is -2.94. The molecule has 0 aliphatic rings. The zero-order valence-corrected chi connectivity index (χ0v) is 7.81. The first kappa shape index (κ1) is 13.2. The van der Waals surface area contributed by atoms with Gasteiger partial charge in [-0.1, -0.05) is 0 Å². The van der Waals surface area contributed by atoms with Crippen molar-refractivity contribution in [3.63, 3.8) is 0 Å². The first-order chi connectivity index (χ1) is 6.09. The minimum Gasteiger partial charge on any atom is -0.412 e. The van der Waals surface area contributed by atoms with Gasteiger partial charge in [-0.2, -0.15) is 4.09 Å². The topological polar surface area (TPSA) is 167 Å². The number of hydrogen-bond acceptors (Lipinski definition) is 3. The molecule has 0 bridgehead atoms. The zero-order valence-electron chi connectivity index (χ0n) is 7.05. The van der Waals surface area contributed by atoms with E-state index in [0.717, 1.165) is 0 Å². The van der Waals surface area contributed by atoms with Gasteiger partial charge in [0.1, 0.15) is 5.65 Å². The summed E-state index contributed by atoms with van der Waals surface area (Å²) in [5, 5.41) is 0. The van der Waals surface area contributed by atoms with Crippen LogP contribution in [0.4, 0.5) is 0 Å². The molecule has 7 N–H and O–H groups in total. The van der Waals surface area contributed by atoms with Gasteiger partial charge in [0.25, 0.3) is 5.56 Å². The molecule has 2 aromatic rings. The van der Waals surface area contributed by atoms with Crippen LogP contribution in [0.15, 0.2) is 14.4 Å². The summed E-state index contributed by atoms with van der Waals surface area (Å²) in [6.45, 7) is 0. The van der Waals surface area contributed by atoms with Crippen LogP contribution in [-0.4, -0.2) is 30.0 Å². The molecule has 15 heavy (non-hydrogen) atoms. The lowest BCUT2D eigenvalue weighted by Crippen LogP contribution is -2.29. The van der Waals surface area contributed by atoms with Crippen molar-refractivity contribution in [1.82, 2.24) is 19.0 Å². The normalized spacial score (nSPS) is 9.40. The van der Waals surface area contributed by atoms with Gasteiger partial charge < -0.3 is 11.0 Å². The number of rotatable bonds is 0. The molecule has 0 amide bonds. The summed E-state index contributed by atoms with van der Waals surface area (Å²) in [4.78, 5) is 39.5. The third-order valence-corrected chi connectivity index (χ3v) is 1.84. The standard InChI is InChI=1S/C5H3ClN4O3.2H2O/c6-10-3(11)1-2(9-5(10)13)8-4(12)7-1;;/h(H,9,13)(H2,7,8,12);2*1H2. The lowest BCUT2D eigenvalue weighted by molar-refractivity contribution is 0.823. The van der Waals surface area contributed by atoms with Crippen LogP contribution in [-0.2, 0) is 0 Å². The minimum absolute atomic E-state index is 0. The van der Waals surface area contributed by atoms with Gasteiger partial charge in [0.15, 0.2) is 5.52 Å². The highest BCUT2D eigenvalue weighted by molar-refractivity contribution is 6.15. The number of fused-ring (bicyclic) bond motifs is 1. The molecule has 0 spiro atoms. The third-order valence-electron chi connectivity index (χ3n) is 1.53. The largest absolute Gasteiger partial charge is 0.412 e. The van der Waals surface area contributed by atoms with Crippen molar-refractivity contribution in [2.24, 2.45) is 0 Å². The van der Waals surface area contributed by atoms with E-state index < -0.39 is 16.9 Å². The second-order valence-corrected chi connectivity index (χ2v) is 2.68. The molecular formula is C5H7ClN4O5. The Balaban J connectivity index is 0.000000980. The Labute approximate surface area is 85.1 Å². The van der Waals surface area contributed by atoms with E-state index in [4.69, 9.17) is 11.8 Å². The molecule has 0 atom stereocenters. The Morgan fingerprint density at radius 1 is 1.00 bits per heavy atom. The number of aromatic nitrogens is 4. The van der Waals surface area contributed by atoms with Crippen molar-refractivity contribution < 1.29 is 11.0 Å². The van der Waals surface area contributed by atoms with Crippen LogP contribution in [0.25, 0.3) is 11.2 Å². The fraction of sp³-hybridized carbons (Fsp3) is 0. The minimum atomic E-state index is -0.797. The molecule has 84 valence electrons. The molecule has 0 saturated carbocycles. The third kappa shape index (κ3) is 1.83. The summed E-state index contributed by atoms with van der Waals surface area (Å²) in [6.07, 6.45) is 0. The number of hydrogen-bond donors (Lipinski definition) is 3. The zero-order chi connectivity index (χ0) is 9.59. The van der Waals surface area contributed by atoms with E-state index in [2.05, 4.69) is 15.0 Å².